The van der Waals surface area contributed by atoms with Gasteiger partial charge in [-0.3, -0.25) is 14.6 Å². The van der Waals surface area contributed by atoms with Crippen LogP contribution in [0.15, 0.2) is 34.0 Å². The van der Waals surface area contributed by atoms with E-state index in [-0.39, 0.29) is 0 Å². The Morgan fingerprint density at radius 2 is 1.81 bits per heavy atom. The summed E-state index contributed by atoms with van der Waals surface area (Å²) in [6.07, 6.45) is 2.60. The third kappa shape index (κ3) is 3.88. The van der Waals surface area contributed by atoms with Crippen molar-refractivity contribution >= 4 is 11.4 Å². The first-order valence-corrected chi connectivity index (χ1v) is 6.95. The average Bonchev–Trinajstić information content (AvgIpc) is 2.49. The van der Waals surface area contributed by atoms with E-state index in [4.69, 9.17) is 0 Å². The largest absolute Gasteiger partial charge is 0.380 e. The first kappa shape index (κ1) is 15.2. The lowest BCUT2D eigenvalue weighted by Gasteiger charge is -2.15. The van der Waals surface area contributed by atoms with Crippen LogP contribution < -0.4 is 21.5 Å². The number of nitrogens with zero attached hydrogens (tertiary/aromatic N) is 2. The van der Waals surface area contributed by atoms with E-state index < -0.39 is 10.9 Å². The third-order valence-electron chi connectivity index (χ3n) is 3.17. The lowest BCUT2D eigenvalue weighted by Crippen LogP contribution is -2.37. The van der Waals surface area contributed by atoms with Crippen molar-refractivity contribution < 1.29 is 0 Å². The molecule has 2 aromatic rings. The molecule has 2 rings (SSSR count). The van der Waals surface area contributed by atoms with Crippen molar-refractivity contribution in [2.75, 3.05) is 37.8 Å². The first-order valence-electron chi connectivity index (χ1n) is 6.95. The molecular weight excluding hydrogens is 268 g/mol. The SMILES string of the molecule is CN(C)CCCNc1c(NCc2ccccn2)c(=O)c1=O. The summed E-state index contributed by atoms with van der Waals surface area (Å²) in [6.45, 7) is 2.03. The van der Waals surface area contributed by atoms with Crippen LogP contribution in [0.1, 0.15) is 12.1 Å². The van der Waals surface area contributed by atoms with Crippen molar-refractivity contribution in [3.63, 3.8) is 0 Å². The van der Waals surface area contributed by atoms with Crippen molar-refractivity contribution in [2.45, 2.75) is 13.0 Å². The molecule has 112 valence electrons. The van der Waals surface area contributed by atoms with Crippen LogP contribution in [-0.4, -0.2) is 37.1 Å². The Morgan fingerprint density at radius 3 is 2.43 bits per heavy atom. The molecule has 0 aliphatic carbocycles. The van der Waals surface area contributed by atoms with E-state index in [0.29, 0.717) is 24.5 Å². The fraction of sp³-hybridized carbons (Fsp3) is 0.400. The molecule has 0 spiro atoms. The van der Waals surface area contributed by atoms with Gasteiger partial charge in [0.05, 0.1) is 12.2 Å². The zero-order valence-corrected chi connectivity index (χ0v) is 12.3. The maximum absolute atomic E-state index is 11.6. The highest BCUT2D eigenvalue weighted by atomic mass is 16.2. The maximum Gasteiger partial charge on any atom is 0.253 e. The van der Waals surface area contributed by atoms with Gasteiger partial charge in [0.25, 0.3) is 10.9 Å². The van der Waals surface area contributed by atoms with Gasteiger partial charge in [0.2, 0.25) is 0 Å². The molecule has 1 aromatic heterocycles. The number of nitrogens with one attached hydrogen (secondary N) is 2. The van der Waals surface area contributed by atoms with Crippen molar-refractivity contribution in [1.82, 2.24) is 9.88 Å². The summed E-state index contributed by atoms with van der Waals surface area (Å²) >= 11 is 0. The van der Waals surface area contributed by atoms with Crippen LogP contribution in [0.25, 0.3) is 0 Å². The minimum atomic E-state index is -0.457. The molecule has 0 fully saturated rings. The molecule has 6 nitrogen and oxygen atoms in total. The third-order valence-corrected chi connectivity index (χ3v) is 3.17. The second kappa shape index (κ2) is 6.99. The summed E-state index contributed by atoms with van der Waals surface area (Å²) in [4.78, 5) is 29.4. The normalized spacial score (nSPS) is 11.0. The van der Waals surface area contributed by atoms with E-state index in [1.54, 1.807) is 6.20 Å². The van der Waals surface area contributed by atoms with Crippen molar-refractivity contribution in [1.29, 1.82) is 0 Å². The van der Waals surface area contributed by atoms with Gasteiger partial charge < -0.3 is 15.5 Å². The molecule has 21 heavy (non-hydrogen) atoms. The smallest absolute Gasteiger partial charge is 0.253 e. The summed E-state index contributed by atoms with van der Waals surface area (Å²) in [7, 11) is 3.99. The van der Waals surface area contributed by atoms with Crippen molar-refractivity contribution in [2.24, 2.45) is 0 Å². The van der Waals surface area contributed by atoms with Crippen LogP contribution in [0.4, 0.5) is 11.4 Å². The van der Waals surface area contributed by atoms with Crippen LogP contribution in [0, 0.1) is 0 Å². The Morgan fingerprint density at radius 1 is 1.10 bits per heavy atom. The Labute approximate surface area is 123 Å². The summed E-state index contributed by atoms with van der Waals surface area (Å²) in [5.41, 5.74) is 0.693. The topological polar surface area (TPSA) is 74.3 Å². The minimum absolute atomic E-state index is 0.371. The lowest BCUT2D eigenvalue weighted by atomic mass is 10.2. The monoisotopic (exact) mass is 288 g/mol. The molecule has 0 atom stereocenters. The molecule has 1 aromatic carbocycles. The molecule has 0 unspecified atom stereocenters. The van der Waals surface area contributed by atoms with Gasteiger partial charge in [0, 0.05) is 12.7 Å². The highest BCUT2D eigenvalue weighted by Crippen LogP contribution is 2.15. The summed E-state index contributed by atoms with van der Waals surface area (Å²) < 4.78 is 0. The van der Waals surface area contributed by atoms with Crippen LogP contribution in [-0.2, 0) is 6.54 Å². The molecule has 2 N–H and O–H groups in total. The van der Waals surface area contributed by atoms with Gasteiger partial charge >= 0.3 is 0 Å². The number of anilines is 2. The summed E-state index contributed by atoms with van der Waals surface area (Å²) in [6, 6.07) is 5.58. The van der Waals surface area contributed by atoms with Gasteiger partial charge in [-0.2, -0.15) is 0 Å². The van der Waals surface area contributed by atoms with Crippen molar-refractivity contribution in [3.8, 4) is 0 Å². The fourth-order valence-electron chi connectivity index (χ4n) is 2.02. The van der Waals surface area contributed by atoms with Gasteiger partial charge in [-0.15, -0.1) is 0 Å². The fourth-order valence-corrected chi connectivity index (χ4v) is 2.02. The molecule has 0 aliphatic heterocycles. The van der Waals surface area contributed by atoms with Crippen LogP contribution in [0.2, 0.25) is 0 Å². The first-order chi connectivity index (χ1) is 10.1. The Bertz CT molecular complexity index is 645. The predicted octanol–water partition coefficient (Wildman–Crippen LogP) is 0.653. The molecule has 0 saturated heterocycles. The predicted molar refractivity (Wildman–Crippen MR) is 84.6 cm³/mol. The molecule has 0 amide bonds. The quantitative estimate of drug-likeness (QED) is 0.549. The van der Waals surface area contributed by atoms with Gasteiger partial charge in [0.1, 0.15) is 11.4 Å². The molecule has 0 bridgehead atoms. The second-order valence-electron chi connectivity index (χ2n) is 5.17. The van der Waals surface area contributed by atoms with E-state index in [2.05, 4.69) is 20.5 Å². The molecule has 0 radical (unpaired) electrons. The maximum atomic E-state index is 11.6. The van der Waals surface area contributed by atoms with Gasteiger partial charge in [-0.05, 0) is 39.2 Å². The second-order valence-corrected chi connectivity index (χ2v) is 5.17. The number of hydrogen-bond acceptors (Lipinski definition) is 6. The van der Waals surface area contributed by atoms with Gasteiger partial charge in [-0.1, -0.05) is 6.07 Å². The standard InChI is InChI=1S/C15H20N4O2/c1-19(2)9-5-8-17-12-13(15(21)14(12)20)18-10-11-6-3-4-7-16-11/h3-4,6-7,17-18H,5,8-10H2,1-2H3. The lowest BCUT2D eigenvalue weighted by molar-refractivity contribution is 0.405. The van der Waals surface area contributed by atoms with E-state index in [0.717, 1.165) is 18.7 Å². The molecule has 1 heterocycles. The Balaban J connectivity index is 1.90. The van der Waals surface area contributed by atoms with E-state index >= 15 is 0 Å². The highest BCUT2D eigenvalue weighted by Gasteiger charge is 2.20. The number of rotatable bonds is 8. The zero-order valence-electron chi connectivity index (χ0n) is 12.3. The summed E-state index contributed by atoms with van der Waals surface area (Å²) in [5, 5.41) is 6.03. The minimum Gasteiger partial charge on any atom is -0.380 e. The molecule has 6 heteroatoms. The highest BCUT2D eigenvalue weighted by molar-refractivity contribution is 5.73. The van der Waals surface area contributed by atoms with E-state index in [1.165, 1.54) is 0 Å². The van der Waals surface area contributed by atoms with Crippen molar-refractivity contribution in [3.05, 3.63) is 50.5 Å². The van der Waals surface area contributed by atoms with E-state index in [1.807, 2.05) is 32.3 Å². The Kier molecular flexibility index (Phi) is 5.05. The molecule has 0 aliphatic rings. The number of hydrogen-bond donors (Lipinski definition) is 2. The average molecular weight is 288 g/mol. The number of aromatic nitrogens is 1. The molecule has 0 saturated carbocycles. The van der Waals surface area contributed by atoms with Crippen LogP contribution in [0.3, 0.4) is 0 Å². The van der Waals surface area contributed by atoms with Gasteiger partial charge in [0.15, 0.2) is 0 Å². The molecular formula is C15H20N4O2. The Hall–Kier alpha value is -2.21. The zero-order chi connectivity index (χ0) is 15.2. The van der Waals surface area contributed by atoms with Crippen LogP contribution >= 0.6 is 0 Å². The van der Waals surface area contributed by atoms with E-state index in [9.17, 15) is 9.59 Å². The van der Waals surface area contributed by atoms with Gasteiger partial charge in [-0.25, -0.2) is 0 Å². The van der Waals surface area contributed by atoms with Crippen LogP contribution in [0.5, 0.6) is 0 Å². The number of pyridine rings is 1. The summed E-state index contributed by atoms with van der Waals surface area (Å²) in [5.74, 6) is 0.